The molecule has 9 heteroatoms. The Labute approximate surface area is 136 Å². The van der Waals surface area contributed by atoms with Gasteiger partial charge in [-0.05, 0) is 26.0 Å². The van der Waals surface area contributed by atoms with Crippen LogP contribution in [0.4, 0.5) is 13.2 Å². The number of aliphatic hydroxyl groups is 1. The van der Waals surface area contributed by atoms with Gasteiger partial charge in [-0.1, -0.05) is 0 Å². The molecule has 0 radical (unpaired) electrons. The average Bonchev–Trinajstić information content (AvgIpc) is 2.93. The van der Waals surface area contributed by atoms with E-state index in [0.29, 0.717) is 11.3 Å². The molecule has 0 aliphatic heterocycles. The smallest absolute Gasteiger partial charge is 0.394 e. The molecule has 0 aliphatic rings. The SMILES string of the molecule is Cc1c(C(=O)N(C)C(C)CO)cnn1-c1ccc(C(F)(F)F)cn1. The van der Waals surface area contributed by atoms with Gasteiger partial charge in [-0.3, -0.25) is 4.79 Å². The van der Waals surface area contributed by atoms with E-state index in [9.17, 15) is 18.0 Å². The molecule has 0 aromatic carbocycles. The van der Waals surface area contributed by atoms with Crippen LogP contribution in [0.2, 0.25) is 0 Å². The van der Waals surface area contributed by atoms with E-state index >= 15 is 0 Å². The highest BCUT2D eigenvalue weighted by atomic mass is 19.4. The Morgan fingerprint density at radius 2 is 2.04 bits per heavy atom. The van der Waals surface area contributed by atoms with Crippen molar-refractivity contribution in [1.29, 1.82) is 0 Å². The number of amides is 1. The number of aliphatic hydroxyl groups excluding tert-OH is 1. The van der Waals surface area contributed by atoms with Crippen LogP contribution in [0.3, 0.4) is 0 Å². The van der Waals surface area contributed by atoms with E-state index in [1.165, 1.54) is 21.8 Å². The number of rotatable bonds is 4. The third-order valence-electron chi connectivity index (χ3n) is 3.78. The average molecular weight is 342 g/mol. The van der Waals surface area contributed by atoms with Crippen LogP contribution in [0.1, 0.15) is 28.5 Å². The maximum Gasteiger partial charge on any atom is 0.417 e. The first kappa shape index (κ1) is 17.9. The molecule has 0 saturated carbocycles. The van der Waals surface area contributed by atoms with Crippen molar-refractivity contribution in [3.63, 3.8) is 0 Å². The minimum absolute atomic E-state index is 0.178. The maximum absolute atomic E-state index is 12.6. The van der Waals surface area contributed by atoms with Crippen molar-refractivity contribution in [3.8, 4) is 5.82 Å². The molecule has 2 rings (SSSR count). The molecule has 0 saturated heterocycles. The second kappa shape index (κ2) is 6.60. The minimum Gasteiger partial charge on any atom is -0.394 e. The lowest BCUT2D eigenvalue weighted by molar-refractivity contribution is -0.137. The van der Waals surface area contributed by atoms with Crippen LogP contribution < -0.4 is 0 Å². The van der Waals surface area contributed by atoms with Gasteiger partial charge in [-0.25, -0.2) is 9.67 Å². The van der Waals surface area contributed by atoms with Gasteiger partial charge in [0.2, 0.25) is 0 Å². The molecule has 0 bridgehead atoms. The van der Waals surface area contributed by atoms with Gasteiger partial charge < -0.3 is 10.0 Å². The molecule has 1 N–H and O–H groups in total. The van der Waals surface area contributed by atoms with Gasteiger partial charge >= 0.3 is 6.18 Å². The summed E-state index contributed by atoms with van der Waals surface area (Å²) in [5, 5.41) is 13.2. The van der Waals surface area contributed by atoms with Crippen LogP contribution in [0.5, 0.6) is 0 Å². The molecule has 0 spiro atoms. The van der Waals surface area contributed by atoms with Crippen molar-refractivity contribution in [2.24, 2.45) is 0 Å². The molecule has 24 heavy (non-hydrogen) atoms. The van der Waals surface area contributed by atoms with Gasteiger partial charge in [0.05, 0.1) is 35.7 Å². The van der Waals surface area contributed by atoms with Crippen LogP contribution >= 0.6 is 0 Å². The summed E-state index contributed by atoms with van der Waals surface area (Å²) in [6, 6.07) is 1.73. The number of nitrogens with zero attached hydrogens (tertiary/aromatic N) is 4. The monoisotopic (exact) mass is 342 g/mol. The summed E-state index contributed by atoms with van der Waals surface area (Å²) in [7, 11) is 1.55. The lowest BCUT2D eigenvalue weighted by Crippen LogP contribution is -2.37. The molecule has 1 atom stereocenters. The van der Waals surface area contributed by atoms with Crippen molar-refractivity contribution >= 4 is 5.91 Å². The Morgan fingerprint density at radius 1 is 1.38 bits per heavy atom. The van der Waals surface area contributed by atoms with Crippen LogP contribution in [0.25, 0.3) is 5.82 Å². The third kappa shape index (κ3) is 3.40. The van der Waals surface area contributed by atoms with E-state index in [0.717, 1.165) is 12.3 Å². The van der Waals surface area contributed by atoms with E-state index < -0.39 is 11.7 Å². The second-order valence-corrected chi connectivity index (χ2v) is 5.41. The van der Waals surface area contributed by atoms with Crippen LogP contribution in [-0.4, -0.2) is 50.4 Å². The third-order valence-corrected chi connectivity index (χ3v) is 3.78. The van der Waals surface area contributed by atoms with Crippen LogP contribution in [0, 0.1) is 6.92 Å². The highest BCUT2D eigenvalue weighted by molar-refractivity contribution is 5.95. The van der Waals surface area contributed by atoms with Crippen molar-refractivity contribution in [1.82, 2.24) is 19.7 Å². The van der Waals surface area contributed by atoms with Crippen molar-refractivity contribution < 1.29 is 23.1 Å². The first-order chi connectivity index (χ1) is 11.2. The minimum atomic E-state index is -4.46. The zero-order valence-electron chi connectivity index (χ0n) is 13.4. The summed E-state index contributed by atoms with van der Waals surface area (Å²) in [6.45, 7) is 3.13. The fraction of sp³-hybridized carbons (Fsp3) is 0.400. The highest BCUT2D eigenvalue weighted by Gasteiger charge is 2.31. The Morgan fingerprint density at radius 3 is 2.54 bits per heavy atom. The fourth-order valence-electron chi connectivity index (χ4n) is 2.04. The molecular formula is C15H17F3N4O2. The number of carbonyl (C=O) groups excluding carboxylic acids is 1. The summed E-state index contributed by atoms with van der Waals surface area (Å²) in [5.74, 6) is -0.162. The topological polar surface area (TPSA) is 71.2 Å². The zero-order chi connectivity index (χ0) is 18.1. The predicted molar refractivity (Wildman–Crippen MR) is 79.7 cm³/mol. The number of hydrogen-bond acceptors (Lipinski definition) is 4. The maximum atomic E-state index is 12.6. The number of aromatic nitrogens is 3. The van der Waals surface area contributed by atoms with Crippen LogP contribution in [-0.2, 0) is 6.18 Å². The molecule has 2 heterocycles. The van der Waals surface area contributed by atoms with Gasteiger partial charge in [0.25, 0.3) is 5.91 Å². The zero-order valence-corrected chi connectivity index (χ0v) is 13.4. The Kier molecular flexibility index (Phi) is 4.93. The van der Waals surface area contributed by atoms with Gasteiger partial charge in [0.1, 0.15) is 0 Å². The number of likely N-dealkylation sites (N-methyl/N-ethyl adjacent to an activating group) is 1. The van der Waals surface area contributed by atoms with E-state index in [1.54, 1.807) is 20.9 Å². The Bertz CT molecular complexity index is 725. The van der Waals surface area contributed by atoms with Crippen LogP contribution in [0.15, 0.2) is 24.5 Å². The van der Waals surface area contributed by atoms with E-state index in [4.69, 9.17) is 5.11 Å². The number of hydrogen-bond donors (Lipinski definition) is 1. The quantitative estimate of drug-likeness (QED) is 0.923. The highest BCUT2D eigenvalue weighted by Crippen LogP contribution is 2.28. The normalized spacial score (nSPS) is 13.0. The number of pyridine rings is 1. The predicted octanol–water partition coefficient (Wildman–Crippen LogP) is 2.05. The summed E-state index contributed by atoms with van der Waals surface area (Å²) in [6.07, 6.45) is -2.41. The summed E-state index contributed by atoms with van der Waals surface area (Å²) in [4.78, 5) is 17.5. The molecule has 1 unspecified atom stereocenters. The summed E-state index contributed by atoms with van der Waals surface area (Å²) >= 11 is 0. The standard InChI is InChI=1S/C15H17F3N4O2/c1-9(8-23)21(3)14(24)12-7-20-22(10(12)2)13-5-4-11(6-19-13)15(16,17)18/h4-7,9,23H,8H2,1-3H3. The lowest BCUT2D eigenvalue weighted by Gasteiger charge is -2.22. The van der Waals surface area contributed by atoms with E-state index in [1.807, 2.05) is 0 Å². The molecule has 130 valence electrons. The second-order valence-electron chi connectivity index (χ2n) is 5.41. The van der Waals surface area contributed by atoms with E-state index in [2.05, 4.69) is 10.1 Å². The summed E-state index contributed by atoms with van der Waals surface area (Å²) in [5.41, 5.74) is -0.118. The first-order valence-electron chi connectivity index (χ1n) is 7.13. The Balaban J connectivity index is 2.32. The molecule has 0 aliphatic carbocycles. The lowest BCUT2D eigenvalue weighted by atomic mass is 10.2. The van der Waals surface area contributed by atoms with Gasteiger partial charge in [-0.15, -0.1) is 0 Å². The van der Waals surface area contributed by atoms with Gasteiger partial charge in [0, 0.05) is 13.2 Å². The Hall–Kier alpha value is -2.42. The number of halogens is 3. The first-order valence-corrected chi connectivity index (χ1v) is 7.13. The summed E-state index contributed by atoms with van der Waals surface area (Å²) < 4.78 is 39.0. The molecule has 1 amide bonds. The number of alkyl halides is 3. The van der Waals surface area contributed by atoms with E-state index in [-0.39, 0.29) is 24.4 Å². The largest absolute Gasteiger partial charge is 0.417 e. The van der Waals surface area contributed by atoms with Gasteiger partial charge in [0.15, 0.2) is 5.82 Å². The van der Waals surface area contributed by atoms with Crippen molar-refractivity contribution in [3.05, 3.63) is 41.3 Å². The van der Waals surface area contributed by atoms with Crippen molar-refractivity contribution in [2.45, 2.75) is 26.1 Å². The molecule has 0 fully saturated rings. The van der Waals surface area contributed by atoms with Gasteiger partial charge in [-0.2, -0.15) is 18.3 Å². The number of carbonyl (C=O) groups is 1. The van der Waals surface area contributed by atoms with Crippen molar-refractivity contribution in [2.75, 3.05) is 13.7 Å². The molecule has 6 nitrogen and oxygen atoms in total. The fourth-order valence-corrected chi connectivity index (χ4v) is 2.04. The molecule has 2 aromatic heterocycles. The molecule has 2 aromatic rings. The molecular weight excluding hydrogens is 325 g/mol.